The van der Waals surface area contributed by atoms with Crippen LogP contribution in [0.5, 0.6) is 0 Å². The first kappa shape index (κ1) is 15.9. The van der Waals surface area contributed by atoms with E-state index in [-0.39, 0.29) is 17.3 Å². The van der Waals surface area contributed by atoms with E-state index in [1.165, 1.54) is 18.2 Å². The Morgan fingerprint density at radius 3 is 2.20 bits per heavy atom. The molecule has 1 aromatic heterocycles. The minimum atomic E-state index is -0.294. The molecule has 1 aliphatic rings. The molecule has 0 spiro atoms. The molecule has 124 valence electrons. The predicted molar refractivity (Wildman–Crippen MR) is 97.6 cm³/mol. The van der Waals surface area contributed by atoms with E-state index in [2.05, 4.69) is 59.3 Å². The number of benzene rings is 2. The highest BCUT2D eigenvalue weighted by Crippen LogP contribution is 2.49. The minimum Gasteiger partial charge on any atom is -0.465 e. The zero-order valence-electron chi connectivity index (χ0n) is 13.8. The number of nitrogens with zero attached hydrogens (tertiary/aromatic N) is 1. The summed E-state index contributed by atoms with van der Waals surface area (Å²) in [7, 11) is 1.43. The van der Waals surface area contributed by atoms with Gasteiger partial charge in [-0.25, -0.2) is 4.79 Å². The highest BCUT2D eigenvalue weighted by molar-refractivity contribution is 7.99. The number of methoxy groups -OCH3 is 1. The van der Waals surface area contributed by atoms with E-state index >= 15 is 0 Å². The first-order valence-electron chi connectivity index (χ1n) is 8.18. The van der Waals surface area contributed by atoms with Crippen molar-refractivity contribution in [3.05, 3.63) is 95.7 Å². The lowest BCUT2D eigenvalue weighted by molar-refractivity contribution is -0.742. The first-order valence-corrected chi connectivity index (χ1v) is 9.06. The largest absolute Gasteiger partial charge is 0.465 e. The lowest BCUT2D eigenvalue weighted by Gasteiger charge is -2.15. The van der Waals surface area contributed by atoms with Gasteiger partial charge in [-0.05, 0) is 23.4 Å². The van der Waals surface area contributed by atoms with E-state index in [0.717, 1.165) is 5.03 Å². The third kappa shape index (κ3) is 2.83. The van der Waals surface area contributed by atoms with Crippen LogP contribution in [0.3, 0.4) is 0 Å². The van der Waals surface area contributed by atoms with E-state index in [4.69, 9.17) is 4.74 Å². The van der Waals surface area contributed by atoms with Crippen LogP contribution in [0.1, 0.15) is 32.8 Å². The number of carbonyl (C=O) groups is 1. The number of pyridine rings is 1. The maximum atomic E-state index is 12.2. The molecule has 0 saturated carbocycles. The van der Waals surface area contributed by atoms with E-state index < -0.39 is 0 Å². The zero-order chi connectivity index (χ0) is 17.2. The highest BCUT2D eigenvalue weighted by atomic mass is 32.2. The number of hydrogen-bond acceptors (Lipinski definition) is 3. The van der Waals surface area contributed by atoms with Crippen molar-refractivity contribution in [2.24, 2.45) is 0 Å². The average molecular weight is 348 g/mol. The van der Waals surface area contributed by atoms with Crippen LogP contribution in [-0.4, -0.2) is 13.1 Å². The lowest BCUT2D eigenvalue weighted by atomic mass is 9.98. The Bertz CT molecular complexity index is 896. The second-order valence-corrected chi connectivity index (χ2v) is 7.06. The summed E-state index contributed by atoms with van der Waals surface area (Å²) in [4.78, 5) is 12.2. The van der Waals surface area contributed by atoms with Gasteiger partial charge in [0, 0.05) is 11.6 Å². The monoisotopic (exact) mass is 348 g/mol. The summed E-state index contributed by atoms with van der Waals surface area (Å²) < 4.78 is 7.18. The third-order valence-electron chi connectivity index (χ3n) is 4.47. The number of rotatable bonds is 3. The van der Waals surface area contributed by atoms with Crippen molar-refractivity contribution < 1.29 is 14.1 Å². The van der Waals surface area contributed by atoms with Crippen molar-refractivity contribution in [2.75, 3.05) is 7.11 Å². The molecule has 2 aromatic carbocycles. The summed E-state index contributed by atoms with van der Waals surface area (Å²) in [5, 5.41) is 1.16. The molecule has 1 aliphatic heterocycles. The van der Waals surface area contributed by atoms with E-state index in [9.17, 15) is 4.79 Å². The number of aromatic nitrogens is 1. The first-order chi connectivity index (χ1) is 12.3. The molecule has 3 nitrogen and oxygen atoms in total. The van der Waals surface area contributed by atoms with Gasteiger partial charge in [0.1, 0.15) is 10.8 Å². The van der Waals surface area contributed by atoms with Gasteiger partial charge in [-0.15, -0.1) is 0 Å². The van der Waals surface area contributed by atoms with Gasteiger partial charge < -0.3 is 4.74 Å². The van der Waals surface area contributed by atoms with Crippen LogP contribution in [0.15, 0.2) is 84.0 Å². The van der Waals surface area contributed by atoms with Crippen molar-refractivity contribution in [3.8, 4) is 0 Å². The zero-order valence-corrected chi connectivity index (χ0v) is 14.6. The van der Waals surface area contributed by atoms with Gasteiger partial charge in [0.05, 0.1) is 7.11 Å². The van der Waals surface area contributed by atoms with Gasteiger partial charge >= 0.3 is 5.97 Å². The van der Waals surface area contributed by atoms with Crippen LogP contribution < -0.4 is 4.57 Å². The van der Waals surface area contributed by atoms with Crippen molar-refractivity contribution >= 4 is 17.7 Å². The molecule has 3 aromatic rings. The second-order valence-electron chi connectivity index (χ2n) is 5.93. The average Bonchev–Trinajstić information content (AvgIpc) is 3.08. The van der Waals surface area contributed by atoms with Gasteiger partial charge in [0.25, 0.3) is 5.03 Å². The van der Waals surface area contributed by atoms with Crippen LogP contribution in [0.4, 0.5) is 0 Å². The molecule has 0 amide bonds. The molecule has 4 heteroatoms. The Morgan fingerprint density at radius 2 is 1.56 bits per heavy atom. The SMILES string of the molecule is COC(=O)c1ccc[n+]2c1S[C@H](c1ccccc1)[C@H]2c1ccccc1. The molecule has 0 saturated heterocycles. The number of carbonyl (C=O) groups excluding carboxylic acids is 1. The standard InChI is InChI=1S/C21H18NO2S/c1-24-21(23)17-13-8-14-22-18(15-9-4-2-5-10-15)19(25-20(17)22)16-11-6-3-7-12-16/h2-14,18-19H,1H3/q+1/t18-,19-/m1/s1. The van der Waals surface area contributed by atoms with Crippen molar-refractivity contribution in [2.45, 2.75) is 16.3 Å². The molecule has 0 aliphatic carbocycles. The smallest absolute Gasteiger partial charge is 0.345 e. The topological polar surface area (TPSA) is 30.2 Å². The Morgan fingerprint density at radius 1 is 0.920 bits per heavy atom. The molecule has 0 bridgehead atoms. The molecule has 25 heavy (non-hydrogen) atoms. The fraction of sp³-hybridized carbons (Fsp3) is 0.143. The molecule has 0 unspecified atom stereocenters. The molecular weight excluding hydrogens is 330 g/mol. The van der Waals surface area contributed by atoms with Crippen LogP contribution >= 0.6 is 11.8 Å². The maximum Gasteiger partial charge on any atom is 0.345 e. The lowest BCUT2D eigenvalue weighted by Crippen LogP contribution is -2.40. The number of hydrogen-bond donors (Lipinski definition) is 0. The van der Waals surface area contributed by atoms with Gasteiger partial charge in [-0.2, -0.15) is 4.57 Å². The Kier molecular flexibility index (Phi) is 4.28. The van der Waals surface area contributed by atoms with Crippen LogP contribution in [0.25, 0.3) is 0 Å². The van der Waals surface area contributed by atoms with E-state index in [1.54, 1.807) is 11.8 Å². The summed E-state index contributed by atoms with van der Waals surface area (Å²) in [6, 6.07) is 24.8. The Hall–Kier alpha value is -2.59. The summed E-state index contributed by atoms with van der Waals surface area (Å²) >= 11 is 1.72. The van der Waals surface area contributed by atoms with E-state index in [1.807, 2.05) is 24.3 Å². The Labute approximate surface area is 151 Å². The molecular formula is C21H18NO2S+. The molecule has 0 fully saturated rings. The fourth-order valence-corrected chi connectivity index (χ4v) is 4.85. The van der Waals surface area contributed by atoms with Gasteiger partial charge in [0.15, 0.2) is 6.20 Å². The summed E-state index contributed by atoms with van der Waals surface area (Å²) in [6.07, 6.45) is 2.05. The molecule has 2 atom stereocenters. The number of thioether (sulfide) groups is 1. The highest BCUT2D eigenvalue weighted by Gasteiger charge is 2.45. The summed E-state index contributed by atoms with van der Waals surface area (Å²) in [5.74, 6) is -0.294. The quantitative estimate of drug-likeness (QED) is 0.525. The van der Waals surface area contributed by atoms with Gasteiger partial charge in [-0.1, -0.05) is 60.7 Å². The van der Waals surface area contributed by atoms with Crippen LogP contribution in [0.2, 0.25) is 0 Å². The molecule has 2 heterocycles. The number of esters is 1. The third-order valence-corrected chi connectivity index (χ3v) is 5.91. The molecule has 0 N–H and O–H groups in total. The van der Waals surface area contributed by atoms with Crippen molar-refractivity contribution in [3.63, 3.8) is 0 Å². The summed E-state index contributed by atoms with van der Waals surface area (Å²) in [6.45, 7) is 0. The second kappa shape index (κ2) is 6.73. The predicted octanol–water partition coefficient (Wildman–Crippen LogP) is 4.20. The van der Waals surface area contributed by atoms with Gasteiger partial charge in [-0.3, -0.25) is 0 Å². The summed E-state index contributed by atoms with van der Waals surface area (Å²) in [5.41, 5.74) is 3.10. The van der Waals surface area contributed by atoms with Crippen LogP contribution in [0, 0.1) is 0 Å². The Balaban J connectivity index is 1.88. The maximum absolute atomic E-state index is 12.2. The normalized spacial score (nSPS) is 18.6. The fourth-order valence-electron chi connectivity index (χ4n) is 3.33. The van der Waals surface area contributed by atoms with Crippen molar-refractivity contribution in [1.29, 1.82) is 0 Å². The number of fused-ring (bicyclic) bond motifs is 1. The number of ether oxygens (including phenoxy) is 1. The van der Waals surface area contributed by atoms with Crippen LogP contribution in [-0.2, 0) is 4.74 Å². The molecule has 0 radical (unpaired) electrons. The molecule has 4 rings (SSSR count). The minimum absolute atomic E-state index is 0.133. The van der Waals surface area contributed by atoms with Gasteiger partial charge in [0.2, 0.25) is 6.04 Å². The van der Waals surface area contributed by atoms with Crippen molar-refractivity contribution in [1.82, 2.24) is 0 Å². The van der Waals surface area contributed by atoms with E-state index in [0.29, 0.717) is 5.56 Å².